The van der Waals surface area contributed by atoms with Crippen LogP contribution in [0.4, 0.5) is 0 Å². The molecule has 0 amide bonds. The first-order chi connectivity index (χ1) is 8.11. The van der Waals surface area contributed by atoms with Crippen molar-refractivity contribution < 1.29 is 0 Å². The van der Waals surface area contributed by atoms with Crippen LogP contribution in [-0.2, 0) is 0 Å². The van der Waals surface area contributed by atoms with Crippen molar-refractivity contribution in [1.82, 2.24) is 10.2 Å². The molecule has 0 radical (unpaired) electrons. The first-order valence-corrected chi connectivity index (χ1v) is 7.53. The third-order valence-corrected chi connectivity index (χ3v) is 5.37. The smallest absolute Gasteiger partial charge is 0.0117 e. The Morgan fingerprint density at radius 3 is 2.47 bits per heavy atom. The minimum absolute atomic E-state index is 0.726. The molecule has 17 heavy (non-hydrogen) atoms. The van der Waals surface area contributed by atoms with Gasteiger partial charge in [0.05, 0.1) is 0 Å². The highest BCUT2D eigenvalue weighted by molar-refractivity contribution is 4.89. The number of hydrogen-bond acceptors (Lipinski definition) is 2. The number of rotatable bonds is 3. The van der Waals surface area contributed by atoms with Crippen molar-refractivity contribution in [2.75, 3.05) is 20.1 Å². The van der Waals surface area contributed by atoms with Gasteiger partial charge in [-0.05, 0) is 57.5 Å². The van der Waals surface area contributed by atoms with E-state index in [-0.39, 0.29) is 0 Å². The molecule has 2 nitrogen and oxygen atoms in total. The molecule has 100 valence electrons. The summed E-state index contributed by atoms with van der Waals surface area (Å²) in [6.45, 7) is 9.90. The van der Waals surface area contributed by atoms with Gasteiger partial charge in [0, 0.05) is 18.6 Å². The molecule has 5 atom stereocenters. The van der Waals surface area contributed by atoms with Gasteiger partial charge in [-0.2, -0.15) is 0 Å². The molecule has 1 aliphatic carbocycles. The van der Waals surface area contributed by atoms with Crippen molar-refractivity contribution in [1.29, 1.82) is 0 Å². The van der Waals surface area contributed by atoms with E-state index in [2.05, 4.69) is 38.0 Å². The van der Waals surface area contributed by atoms with E-state index in [4.69, 9.17) is 0 Å². The van der Waals surface area contributed by atoms with E-state index in [1.165, 1.54) is 38.8 Å². The van der Waals surface area contributed by atoms with Gasteiger partial charge < -0.3 is 10.2 Å². The van der Waals surface area contributed by atoms with Gasteiger partial charge in [0.2, 0.25) is 0 Å². The summed E-state index contributed by atoms with van der Waals surface area (Å²) in [5.74, 6) is 2.74. The molecule has 2 aliphatic rings. The summed E-state index contributed by atoms with van der Waals surface area (Å²) in [7, 11) is 2.11. The Labute approximate surface area is 107 Å². The van der Waals surface area contributed by atoms with Gasteiger partial charge >= 0.3 is 0 Å². The molecule has 1 saturated carbocycles. The highest BCUT2D eigenvalue weighted by Crippen LogP contribution is 2.33. The Balaban J connectivity index is 1.85. The first kappa shape index (κ1) is 13.4. The molecule has 2 rings (SSSR count). The summed E-state index contributed by atoms with van der Waals surface area (Å²) in [6, 6.07) is 1.47. The van der Waals surface area contributed by atoms with Gasteiger partial charge in [0.25, 0.3) is 0 Å². The second kappa shape index (κ2) is 5.71. The molecule has 1 heterocycles. The standard InChI is InChI=1S/C15H30N2/c1-11-5-6-14(9-11)10-17-8-7-15(16-4)12(2)13(17)3/h11-16H,5-10H2,1-4H3. The van der Waals surface area contributed by atoms with E-state index >= 15 is 0 Å². The second-order valence-corrected chi connectivity index (χ2v) is 6.56. The number of nitrogens with zero attached hydrogens (tertiary/aromatic N) is 1. The maximum atomic E-state index is 3.48. The van der Waals surface area contributed by atoms with Gasteiger partial charge in [-0.1, -0.05) is 20.3 Å². The molecule has 0 aromatic heterocycles. The predicted octanol–water partition coefficient (Wildman–Crippen LogP) is 2.74. The van der Waals surface area contributed by atoms with Crippen molar-refractivity contribution in [3.8, 4) is 0 Å². The van der Waals surface area contributed by atoms with Crippen LogP contribution in [0, 0.1) is 17.8 Å². The Bertz CT molecular complexity index is 241. The Morgan fingerprint density at radius 2 is 1.88 bits per heavy atom. The van der Waals surface area contributed by atoms with Crippen LogP contribution in [0.25, 0.3) is 0 Å². The van der Waals surface area contributed by atoms with E-state index in [0.717, 1.165) is 29.8 Å². The number of nitrogens with one attached hydrogen (secondary N) is 1. The van der Waals surface area contributed by atoms with Crippen LogP contribution in [-0.4, -0.2) is 37.1 Å². The van der Waals surface area contributed by atoms with Crippen molar-refractivity contribution in [2.24, 2.45) is 17.8 Å². The van der Waals surface area contributed by atoms with Crippen molar-refractivity contribution in [3.05, 3.63) is 0 Å². The first-order valence-electron chi connectivity index (χ1n) is 7.53. The molecule has 2 heteroatoms. The van der Waals surface area contributed by atoms with E-state index in [1.807, 2.05) is 0 Å². The molecule has 5 unspecified atom stereocenters. The lowest BCUT2D eigenvalue weighted by molar-refractivity contribution is 0.0729. The monoisotopic (exact) mass is 238 g/mol. The topological polar surface area (TPSA) is 15.3 Å². The molecular weight excluding hydrogens is 208 g/mol. The molecule has 1 N–H and O–H groups in total. The third kappa shape index (κ3) is 3.03. The maximum Gasteiger partial charge on any atom is 0.0117 e. The second-order valence-electron chi connectivity index (χ2n) is 6.56. The molecule has 1 saturated heterocycles. The quantitative estimate of drug-likeness (QED) is 0.813. The summed E-state index contributed by atoms with van der Waals surface area (Å²) >= 11 is 0. The van der Waals surface area contributed by atoms with Crippen molar-refractivity contribution in [2.45, 2.75) is 58.5 Å². The van der Waals surface area contributed by atoms with Gasteiger partial charge in [0.15, 0.2) is 0 Å². The van der Waals surface area contributed by atoms with Gasteiger partial charge in [0.1, 0.15) is 0 Å². The number of likely N-dealkylation sites (tertiary alicyclic amines) is 1. The molecule has 0 bridgehead atoms. The van der Waals surface area contributed by atoms with Crippen LogP contribution in [0.15, 0.2) is 0 Å². The lowest BCUT2D eigenvalue weighted by atomic mass is 9.86. The summed E-state index contributed by atoms with van der Waals surface area (Å²) in [5.41, 5.74) is 0. The average Bonchev–Trinajstić information content (AvgIpc) is 2.71. The van der Waals surface area contributed by atoms with Crippen LogP contribution in [0.2, 0.25) is 0 Å². The highest BCUT2D eigenvalue weighted by Gasteiger charge is 2.33. The fourth-order valence-electron chi connectivity index (χ4n) is 3.93. The molecule has 0 aromatic rings. The molecular formula is C15H30N2. The van der Waals surface area contributed by atoms with E-state index in [0.29, 0.717) is 0 Å². The van der Waals surface area contributed by atoms with Crippen LogP contribution in [0.1, 0.15) is 46.5 Å². The Kier molecular flexibility index (Phi) is 4.48. The largest absolute Gasteiger partial charge is 0.317 e. The third-order valence-electron chi connectivity index (χ3n) is 5.37. The van der Waals surface area contributed by atoms with Crippen LogP contribution >= 0.6 is 0 Å². The van der Waals surface area contributed by atoms with Crippen LogP contribution in [0.3, 0.4) is 0 Å². The van der Waals surface area contributed by atoms with Crippen LogP contribution in [0.5, 0.6) is 0 Å². The summed E-state index contributed by atoms with van der Waals surface area (Å²) in [4.78, 5) is 2.75. The number of piperidine rings is 1. The molecule has 1 aliphatic heterocycles. The fraction of sp³-hybridized carbons (Fsp3) is 1.00. The minimum Gasteiger partial charge on any atom is -0.317 e. The zero-order chi connectivity index (χ0) is 12.4. The summed E-state index contributed by atoms with van der Waals surface area (Å²) in [5, 5.41) is 3.48. The molecule has 2 fully saturated rings. The maximum absolute atomic E-state index is 3.48. The van der Waals surface area contributed by atoms with Crippen LogP contribution < -0.4 is 5.32 Å². The lowest BCUT2D eigenvalue weighted by Gasteiger charge is -2.43. The predicted molar refractivity (Wildman–Crippen MR) is 74.2 cm³/mol. The lowest BCUT2D eigenvalue weighted by Crippen LogP contribution is -2.53. The fourth-order valence-corrected chi connectivity index (χ4v) is 3.93. The van der Waals surface area contributed by atoms with Gasteiger partial charge in [-0.3, -0.25) is 0 Å². The Hall–Kier alpha value is -0.0800. The normalized spacial score (nSPS) is 44.1. The summed E-state index contributed by atoms with van der Waals surface area (Å²) in [6.07, 6.45) is 5.72. The molecule has 0 spiro atoms. The van der Waals surface area contributed by atoms with E-state index < -0.39 is 0 Å². The van der Waals surface area contributed by atoms with Gasteiger partial charge in [-0.15, -0.1) is 0 Å². The Morgan fingerprint density at radius 1 is 1.12 bits per heavy atom. The molecule has 0 aromatic carbocycles. The zero-order valence-corrected chi connectivity index (χ0v) is 12.1. The van der Waals surface area contributed by atoms with Crippen molar-refractivity contribution in [3.63, 3.8) is 0 Å². The average molecular weight is 238 g/mol. The highest BCUT2D eigenvalue weighted by atomic mass is 15.2. The van der Waals surface area contributed by atoms with Crippen molar-refractivity contribution >= 4 is 0 Å². The van der Waals surface area contributed by atoms with E-state index in [1.54, 1.807) is 0 Å². The van der Waals surface area contributed by atoms with Gasteiger partial charge in [-0.25, -0.2) is 0 Å². The number of hydrogen-bond donors (Lipinski definition) is 1. The zero-order valence-electron chi connectivity index (χ0n) is 12.1. The minimum atomic E-state index is 0.726. The SMILES string of the molecule is CNC1CCN(CC2CCC(C)C2)C(C)C1C. The van der Waals surface area contributed by atoms with E-state index in [9.17, 15) is 0 Å². The summed E-state index contributed by atoms with van der Waals surface area (Å²) < 4.78 is 0.